The van der Waals surface area contributed by atoms with E-state index < -0.39 is 0 Å². The van der Waals surface area contributed by atoms with Crippen molar-refractivity contribution in [1.82, 2.24) is 5.32 Å². The van der Waals surface area contributed by atoms with Crippen LogP contribution in [0.1, 0.15) is 51.1 Å². The Kier molecular flexibility index (Phi) is 4.47. The Labute approximate surface area is 110 Å². The third-order valence-corrected chi connectivity index (χ3v) is 3.92. The van der Waals surface area contributed by atoms with Gasteiger partial charge in [-0.2, -0.15) is 0 Å². The van der Waals surface area contributed by atoms with E-state index in [2.05, 4.69) is 31.3 Å². The minimum absolute atomic E-state index is 0.413. The van der Waals surface area contributed by atoms with Gasteiger partial charge in [-0.15, -0.1) is 0 Å². The summed E-state index contributed by atoms with van der Waals surface area (Å²) in [5, 5.41) is 4.54. The van der Waals surface area contributed by atoms with Gasteiger partial charge in [0.2, 0.25) is 0 Å². The Morgan fingerprint density at radius 1 is 1.29 bits per heavy atom. The van der Waals surface area contributed by atoms with E-state index in [-0.39, 0.29) is 0 Å². The van der Waals surface area contributed by atoms with E-state index in [1.807, 2.05) is 12.1 Å². The maximum absolute atomic E-state index is 5.91. The summed E-state index contributed by atoms with van der Waals surface area (Å²) < 4.78 is 0. The van der Waals surface area contributed by atoms with Crippen LogP contribution >= 0.6 is 11.6 Å². The number of hydrogen-bond donors (Lipinski definition) is 1. The van der Waals surface area contributed by atoms with Crippen LogP contribution in [0.2, 0.25) is 5.02 Å². The second kappa shape index (κ2) is 5.88. The summed E-state index contributed by atoms with van der Waals surface area (Å²) in [5.74, 6) is 0.991. The zero-order chi connectivity index (χ0) is 12.3. The van der Waals surface area contributed by atoms with E-state index in [1.165, 1.54) is 31.2 Å². The standard InChI is InChI=1S/C15H22ClN/c1-3-15(10-12-4-5-12)17-11(2)13-6-8-14(16)9-7-13/h6-9,11-12,15,17H,3-5,10H2,1-2H3. The topological polar surface area (TPSA) is 12.0 Å². The van der Waals surface area contributed by atoms with Crippen LogP contribution in [0.3, 0.4) is 0 Å². The molecule has 1 N–H and O–H groups in total. The molecule has 2 unspecified atom stereocenters. The summed E-state index contributed by atoms with van der Waals surface area (Å²) >= 11 is 5.91. The van der Waals surface area contributed by atoms with Gasteiger partial charge in [-0.25, -0.2) is 0 Å². The molecule has 0 bridgehead atoms. The molecule has 0 aliphatic heterocycles. The summed E-state index contributed by atoms with van der Waals surface area (Å²) in [5.41, 5.74) is 1.32. The van der Waals surface area contributed by atoms with Gasteiger partial charge in [0.25, 0.3) is 0 Å². The number of rotatable bonds is 6. The van der Waals surface area contributed by atoms with Crippen LogP contribution in [-0.4, -0.2) is 6.04 Å². The molecule has 0 radical (unpaired) electrons. The summed E-state index contributed by atoms with van der Waals surface area (Å²) in [4.78, 5) is 0. The predicted molar refractivity (Wildman–Crippen MR) is 74.4 cm³/mol. The van der Waals surface area contributed by atoms with E-state index in [4.69, 9.17) is 11.6 Å². The minimum atomic E-state index is 0.413. The van der Waals surface area contributed by atoms with Gasteiger partial charge in [0.15, 0.2) is 0 Å². The average Bonchev–Trinajstić information content (AvgIpc) is 3.13. The van der Waals surface area contributed by atoms with Gasteiger partial charge in [0, 0.05) is 17.1 Å². The van der Waals surface area contributed by atoms with Crippen LogP contribution in [0.5, 0.6) is 0 Å². The number of benzene rings is 1. The molecule has 1 aliphatic rings. The number of nitrogens with one attached hydrogen (secondary N) is 1. The Balaban J connectivity index is 1.89. The van der Waals surface area contributed by atoms with Crippen LogP contribution in [0.25, 0.3) is 0 Å². The van der Waals surface area contributed by atoms with Crippen molar-refractivity contribution in [2.75, 3.05) is 0 Å². The molecule has 1 saturated carbocycles. The fourth-order valence-corrected chi connectivity index (χ4v) is 2.44. The highest BCUT2D eigenvalue weighted by Gasteiger charge is 2.25. The molecule has 2 rings (SSSR count). The molecule has 1 nitrogen and oxygen atoms in total. The molecule has 0 saturated heterocycles. The van der Waals surface area contributed by atoms with E-state index in [1.54, 1.807) is 0 Å². The van der Waals surface area contributed by atoms with Crippen molar-refractivity contribution >= 4 is 11.6 Å². The van der Waals surface area contributed by atoms with Gasteiger partial charge >= 0.3 is 0 Å². The fraction of sp³-hybridized carbons (Fsp3) is 0.600. The van der Waals surface area contributed by atoms with Crippen molar-refractivity contribution in [2.24, 2.45) is 5.92 Å². The summed E-state index contributed by atoms with van der Waals surface area (Å²) in [6, 6.07) is 9.24. The summed E-state index contributed by atoms with van der Waals surface area (Å²) in [6.07, 6.45) is 5.43. The molecule has 0 aromatic heterocycles. The average molecular weight is 252 g/mol. The highest BCUT2D eigenvalue weighted by atomic mass is 35.5. The van der Waals surface area contributed by atoms with Crippen LogP contribution in [0.4, 0.5) is 0 Å². The first kappa shape index (κ1) is 12.9. The molecule has 1 aromatic carbocycles. The van der Waals surface area contributed by atoms with Gasteiger partial charge in [0.1, 0.15) is 0 Å². The molecule has 1 aromatic rings. The molecule has 1 aliphatic carbocycles. The molecular weight excluding hydrogens is 230 g/mol. The first-order valence-electron chi connectivity index (χ1n) is 6.70. The van der Waals surface area contributed by atoms with Crippen molar-refractivity contribution in [2.45, 2.75) is 51.6 Å². The first-order chi connectivity index (χ1) is 8.19. The van der Waals surface area contributed by atoms with Crippen LogP contribution in [-0.2, 0) is 0 Å². The molecule has 94 valence electrons. The zero-order valence-electron chi connectivity index (χ0n) is 10.7. The van der Waals surface area contributed by atoms with Crippen LogP contribution in [0, 0.1) is 5.92 Å². The number of halogens is 1. The lowest BCUT2D eigenvalue weighted by Gasteiger charge is -2.22. The van der Waals surface area contributed by atoms with Gasteiger partial charge in [0.05, 0.1) is 0 Å². The van der Waals surface area contributed by atoms with Crippen LogP contribution < -0.4 is 5.32 Å². The lowest BCUT2D eigenvalue weighted by atomic mass is 10.0. The third-order valence-electron chi connectivity index (χ3n) is 3.66. The molecule has 1 fully saturated rings. The molecule has 0 heterocycles. The van der Waals surface area contributed by atoms with Crippen molar-refractivity contribution < 1.29 is 0 Å². The maximum Gasteiger partial charge on any atom is 0.0406 e. The molecule has 0 spiro atoms. The van der Waals surface area contributed by atoms with Crippen molar-refractivity contribution in [3.63, 3.8) is 0 Å². The summed E-state index contributed by atoms with van der Waals surface area (Å²) in [7, 11) is 0. The normalized spacial score (nSPS) is 19.0. The molecule has 2 atom stereocenters. The van der Waals surface area contributed by atoms with E-state index in [9.17, 15) is 0 Å². The van der Waals surface area contributed by atoms with Crippen molar-refractivity contribution in [1.29, 1.82) is 0 Å². The Bertz CT molecular complexity index is 342. The Morgan fingerprint density at radius 3 is 2.47 bits per heavy atom. The second-order valence-corrected chi connectivity index (χ2v) is 5.66. The monoisotopic (exact) mass is 251 g/mol. The third kappa shape index (κ3) is 4.01. The van der Waals surface area contributed by atoms with E-state index in [0.29, 0.717) is 12.1 Å². The predicted octanol–water partition coefficient (Wildman–Crippen LogP) is 4.57. The first-order valence-corrected chi connectivity index (χ1v) is 7.08. The maximum atomic E-state index is 5.91. The van der Waals surface area contributed by atoms with Gasteiger partial charge in [-0.05, 0) is 43.4 Å². The molecule has 2 heteroatoms. The SMILES string of the molecule is CCC(CC1CC1)NC(C)c1ccc(Cl)cc1. The smallest absolute Gasteiger partial charge is 0.0406 e. The molecular formula is C15H22ClN. The fourth-order valence-electron chi connectivity index (χ4n) is 2.31. The number of hydrogen-bond acceptors (Lipinski definition) is 1. The largest absolute Gasteiger partial charge is 0.307 e. The highest BCUT2D eigenvalue weighted by Crippen LogP contribution is 2.34. The quantitative estimate of drug-likeness (QED) is 0.781. The van der Waals surface area contributed by atoms with Crippen molar-refractivity contribution in [3.8, 4) is 0 Å². The second-order valence-electron chi connectivity index (χ2n) is 5.22. The Morgan fingerprint density at radius 2 is 1.94 bits per heavy atom. The lowest BCUT2D eigenvalue weighted by molar-refractivity contribution is 0.404. The highest BCUT2D eigenvalue weighted by molar-refractivity contribution is 6.30. The lowest BCUT2D eigenvalue weighted by Crippen LogP contribution is -2.31. The molecule has 0 amide bonds. The van der Waals surface area contributed by atoms with Crippen molar-refractivity contribution in [3.05, 3.63) is 34.9 Å². The summed E-state index contributed by atoms with van der Waals surface area (Å²) in [6.45, 7) is 4.51. The van der Waals surface area contributed by atoms with Gasteiger partial charge < -0.3 is 5.32 Å². The zero-order valence-corrected chi connectivity index (χ0v) is 11.5. The van der Waals surface area contributed by atoms with Crippen LogP contribution in [0.15, 0.2) is 24.3 Å². The van der Waals surface area contributed by atoms with E-state index >= 15 is 0 Å². The van der Waals surface area contributed by atoms with Gasteiger partial charge in [-0.3, -0.25) is 0 Å². The molecule has 17 heavy (non-hydrogen) atoms. The van der Waals surface area contributed by atoms with E-state index in [0.717, 1.165) is 10.9 Å². The van der Waals surface area contributed by atoms with Gasteiger partial charge in [-0.1, -0.05) is 43.5 Å². The minimum Gasteiger partial charge on any atom is -0.307 e. The Hall–Kier alpha value is -0.530.